The van der Waals surface area contributed by atoms with Gasteiger partial charge in [-0.15, -0.1) is 0 Å². The molecule has 30 heavy (non-hydrogen) atoms. The van der Waals surface area contributed by atoms with E-state index < -0.39 is 0 Å². The highest BCUT2D eigenvalue weighted by molar-refractivity contribution is 7.80. The molecular weight excluding hydrogens is 396 g/mol. The van der Waals surface area contributed by atoms with Crippen LogP contribution in [0, 0.1) is 6.92 Å². The number of piperazine rings is 1. The minimum atomic E-state index is -0.236. The first-order valence-electron chi connectivity index (χ1n) is 10.3. The van der Waals surface area contributed by atoms with Crippen molar-refractivity contribution in [3.8, 4) is 0 Å². The van der Waals surface area contributed by atoms with Gasteiger partial charge in [0.1, 0.15) is 0 Å². The van der Waals surface area contributed by atoms with Crippen molar-refractivity contribution in [2.24, 2.45) is 0 Å². The Morgan fingerprint density at radius 1 is 0.967 bits per heavy atom. The summed E-state index contributed by atoms with van der Waals surface area (Å²) in [4.78, 5) is 28.5. The van der Waals surface area contributed by atoms with Crippen LogP contribution < -0.4 is 15.5 Å². The van der Waals surface area contributed by atoms with Crippen molar-refractivity contribution in [3.63, 3.8) is 0 Å². The van der Waals surface area contributed by atoms with E-state index in [9.17, 15) is 9.59 Å². The Bertz CT molecular complexity index is 888. The largest absolute Gasteiger partial charge is 0.368 e. The zero-order valence-corrected chi connectivity index (χ0v) is 18.3. The number of aryl methyl sites for hydroxylation is 1. The van der Waals surface area contributed by atoms with Gasteiger partial charge in [-0.25, -0.2) is 0 Å². The molecule has 2 aromatic rings. The molecule has 7 heteroatoms. The molecule has 0 aromatic heterocycles. The van der Waals surface area contributed by atoms with Crippen molar-refractivity contribution >= 4 is 40.5 Å². The molecule has 1 fully saturated rings. The van der Waals surface area contributed by atoms with Gasteiger partial charge in [0.05, 0.1) is 0 Å². The molecule has 0 radical (unpaired) electrons. The van der Waals surface area contributed by atoms with Crippen molar-refractivity contribution in [1.82, 2.24) is 10.2 Å². The average molecular weight is 425 g/mol. The van der Waals surface area contributed by atoms with Crippen molar-refractivity contribution in [2.45, 2.75) is 26.7 Å². The molecule has 0 bridgehead atoms. The van der Waals surface area contributed by atoms with Gasteiger partial charge >= 0.3 is 0 Å². The van der Waals surface area contributed by atoms with Crippen molar-refractivity contribution in [3.05, 3.63) is 59.7 Å². The van der Waals surface area contributed by atoms with Crippen LogP contribution in [0.3, 0.4) is 0 Å². The molecule has 1 saturated heterocycles. The molecule has 1 aliphatic rings. The predicted molar refractivity (Wildman–Crippen MR) is 125 cm³/mol. The van der Waals surface area contributed by atoms with E-state index in [-0.39, 0.29) is 16.9 Å². The Morgan fingerprint density at radius 2 is 1.60 bits per heavy atom. The number of anilines is 2. The number of carbonyl (C=O) groups excluding carboxylic acids is 2. The predicted octanol–water partition coefficient (Wildman–Crippen LogP) is 3.57. The van der Waals surface area contributed by atoms with E-state index in [4.69, 9.17) is 12.2 Å². The number of hydrogen-bond acceptors (Lipinski definition) is 4. The molecule has 6 nitrogen and oxygen atoms in total. The summed E-state index contributed by atoms with van der Waals surface area (Å²) in [6.07, 6.45) is 1.52. The maximum absolute atomic E-state index is 12.3. The van der Waals surface area contributed by atoms with Gasteiger partial charge in [-0.2, -0.15) is 0 Å². The number of nitrogens with one attached hydrogen (secondary N) is 2. The van der Waals surface area contributed by atoms with Crippen LogP contribution in [0.4, 0.5) is 11.4 Å². The molecule has 0 aliphatic carbocycles. The number of benzene rings is 2. The first-order valence-corrected chi connectivity index (χ1v) is 10.7. The number of nitrogens with zero attached hydrogens (tertiary/aromatic N) is 2. The average Bonchev–Trinajstić information content (AvgIpc) is 2.75. The van der Waals surface area contributed by atoms with E-state index in [0.717, 1.165) is 49.5 Å². The van der Waals surface area contributed by atoms with E-state index in [1.165, 1.54) is 0 Å². The Hall–Kier alpha value is -2.93. The van der Waals surface area contributed by atoms with Gasteiger partial charge in [0, 0.05) is 49.5 Å². The molecule has 0 spiro atoms. The minimum Gasteiger partial charge on any atom is -0.368 e. The van der Waals surface area contributed by atoms with Gasteiger partial charge in [-0.1, -0.05) is 24.6 Å². The first kappa shape index (κ1) is 21.8. The molecular formula is C23H28N4O2S. The highest BCUT2D eigenvalue weighted by atomic mass is 32.1. The fourth-order valence-electron chi connectivity index (χ4n) is 3.38. The zero-order valence-electron chi connectivity index (χ0n) is 17.5. The maximum atomic E-state index is 12.3. The van der Waals surface area contributed by atoms with Gasteiger partial charge in [-0.05, 0) is 62.0 Å². The Kier molecular flexibility index (Phi) is 7.41. The lowest BCUT2D eigenvalue weighted by atomic mass is 10.1. The summed E-state index contributed by atoms with van der Waals surface area (Å²) in [5, 5.41) is 6.01. The number of carbonyl (C=O) groups is 2. The third-order valence-corrected chi connectivity index (χ3v) is 5.33. The highest BCUT2D eigenvalue weighted by Crippen LogP contribution is 2.20. The second-order valence-electron chi connectivity index (χ2n) is 7.44. The zero-order chi connectivity index (χ0) is 21.5. The number of hydrogen-bond donors (Lipinski definition) is 2. The summed E-state index contributed by atoms with van der Waals surface area (Å²) >= 11 is 5.26. The summed E-state index contributed by atoms with van der Waals surface area (Å²) in [7, 11) is 0. The number of amides is 2. The summed E-state index contributed by atoms with van der Waals surface area (Å²) < 4.78 is 0. The highest BCUT2D eigenvalue weighted by Gasteiger charge is 2.20. The minimum absolute atomic E-state index is 0.236. The standard InChI is InChI=1S/C23H28N4O2S/c1-3-4-21(28)27-15-13-26(14-16-27)20-11-9-19(10-12-20)24-23(30)25-22(29)18-7-5-17(2)6-8-18/h5-12H,3-4,13-16H2,1-2H3,(H2,24,25,29,30). The first-order chi connectivity index (χ1) is 14.5. The molecule has 0 unspecified atom stereocenters. The lowest BCUT2D eigenvalue weighted by Gasteiger charge is -2.36. The quantitative estimate of drug-likeness (QED) is 0.719. The van der Waals surface area contributed by atoms with Gasteiger partial charge in [0.15, 0.2) is 5.11 Å². The third kappa shape index (κ3) is 5.79. The fraction of sp³-hybridized carbons (Fsp3) is 0.348. The Balaban J connectivity index is 1.50. The van der Waals surface area contributed by atoms with Gasteiger partial charge in [0.2, 0.25) is 5.91 Å². The molecule has 158 valence electrons. The van der Waals surface area contributed by atoms with Crippen LogP contribution in [0.1, 0.15) is 35.7 Å². The van der Waals surface area contributed by atoms with Crippen LogP contribution in [0.5, 0.6) is 0 Å². The van der Waals surface area contributed by atoms with E-state index in [0.29, 0.717) is 12.0 Å². The van der Waals surface area contributed by atoms with Crippen molar-refractivity contribution in [2.75, 3.05) is 36.4 Å². The van der Waals surface area contributed by atoms with Crippen molar-refractivity contribution in [1.29, 1.82) is 0 Å². The molecule has 2 aromatic carbocycles. The molecule has 2 N–H and O–H groups in total. The van der Waals surface area contributed by atoms with Crippen LogP contribution in [0.2, 0.25) is 0 Å². The lowest BCUT2D eigenvalue weighted by molar-refractivity contribution is -0.131. The summed E-state index contributed by atoms with van der Waals surface area (Å²) in [6.45, 7) is 7.18. The molecule has 2 amide bonds. The van der Waals surface area contributed by atoms with Crippen LogP contribution in [-0.2, 0) is 4.79 Å². The number of rotatable bonds is 5. The maximum Gasteiger partial charge on any atom is 0.257 e. The second-order valence-corrected chi connectivity index (χ2v) is 7.85. The van der Waals surface area contributed by atoms with Crippen LogP contribution in [0.25, 0.3) is 0 Å². The van der Waals surface area contributed by atoms with Crippen LogP contribution >= 0.6 is 12.2 Å². The van der Waals surface area contributed by atoms with E-state index in [1.807, 2.05) is 55.1 Å². The normalized spacial score (nSPS) is 13.7. The van der Waals surface area contributed by atoms with Gasteiger partial charge in [0.25, 0.3) is 5.91 Å². The van der Waals surface area contributed by atoms with Crippen LogP contribution in [-0.4, -0.2) is 48.0 Å². The topological polar surface area (TPSA) is 64.7 Å². The third-order valence-electron chi connectivity index (χ3n) is 5.13. The van der Waals surface area contributed by atoms with Gasteiger partial charge < -0.3 is 15.1 Å². The van der Waals surface area contributed by atoms with Crippen molar-refractivity contribution < 1.29 is 9.59 Å². The summed E-state index contributed by atoms with van der Waals surface area (Å²) in [5.41, 5.74) is 3.58. The molecule has 1 aliphatic heterocycles. The second kappa shape index (κ2) is 10.2. The van der Waals surface area contributed by atoms with Gasteiger partial charge in [-0.3, -0.25) is 14.9 Å². The number of thiocarbonyl (C=S) groups is 1. The molecule has 0 saturated carbocycles. The SMILES string of the molecule is CCCC(=O)N1CCN(c2ccc(NC(=S)NC(=O)c3ccc(C)cc3)cc2)CC1. The van der Waals surface area contributed by atoms with E-state index >= 15 is 0 Å². The lowest BCUT2D eigenvalue weighted by Crippen LogP contribution is -2.48. The molecule has 1 heterocycles. The Morgan fingerprint density at radius 3 is 2.20 bits per heavy atom. The summed E-state index contributed by atoms with van der Waals surface area (Å²) in [5.74, 6) is 0.0116. The smallest absolute Gasteiger partial charge is 0.257 e. The fourth-order valence-corrected chi connectivity index (χ4v) is 3.59. The monoisotopic (exact) mass is 424 g/mol. The molecule has 0 atom stereocenters. The molecule has 3 rings (SSSR count). The van der Waals surface area contributed by atoms with E-state index in [1.54, 1.807) is 12.1 Å². The van der Waals surface area contributed by atoms with E-state index in [2.05, 4.69) is 15.5 Å². The van der Waals surface area contributed by atoms with Crippen LogP contribution in [0.15, 0.2) is 48.5 Å². The summed E-state index contributed by atoms with van der Waals surface area (Å²) in [6, 6.07) is 15.3. The Labute approximate surface area is 183 Å².